The minimum Gasteiger partial charge on any atom is -0.496 e. The smallest absolute Gasteiger partial charge is 0.417 e. The lowest BCUT2D eigenvalue weighted by Crippen LogP contribution is -2.08. The molecule has 0 spiro atoms. The van der Waals surface area contributed by atoms with Crippen LogP contribution in [0.15, 0.2) is 30.3 Å². The van der Waals surface area contributed by atoms with Gasteiger partial charge in [-0.3, -0.25) is 0 Å². The zero-order valence-corrected chi connectivity index (χ0v) is 14.2. The van der Waals surface area contributed by atoms with Crippen molar-refractivity contribution in [1.82, 2.24) is 14.8 Å². The van der Waals surface area contributed by atoms with Crippen LogP contribution in [0.1, 0.15) is 24.6 Å². The highest BCUT2D eigenvalue weighted by molar-refractivity contribution is 5.86. The van der Waals surface area contributed by atoms with Crippen LogP contribution in [0.5, 0.6) is 5.75 Å². The number of halogens is 3. The van der Waals surface area contributed by atoms with Gasteiger partial charge in [-0.2, -0.15) is 18.3 Å². The Balaban J connectivity index is 2.36. The van der Waals surface area contributed by atoms with E-state index in [-0.39, 0.29) is 16.7 Å². The van der Waals surface area contributed by atoms with Crippen molar-refractivity contribution in [2.75, 3.05) is 7.11 Å². The minimum absolute atomic E-state index is 0.0552. The lowest BCUT2D eigenvalue weighted by atomic mass is 10.0. The molecule has 0 saturated heterocycles. The number of rotatable bonds is 4. The normalized spacial score (nSPS) is 11.9. The van der Waals surface area contributed by atoms with Gasteiger partial charge in [-0.15, -0.1) is 0 Å². The van der Waals surface area contributed by atoms with Crippen LogP contribution >= 0.6 is 0 Å². The van der Waals surface area contributed by atoms with Crippen molar-refractivity contribution in [3.63, 3.8) is 0 Å². The van der Waals surface area contributed by atoms with Crippen molar-refractivity contribution in [1.29, 1.82) is 0 Å². The topological polar surface area (TPSA) is 39.9 Å². The summed E-state index contributed by atoms with van der Waals surface area (Å²) in [6.45, 7) is 4.02. The summed E-state index contributed by atoms with van der Waals surface area (Å²) in [5.41, 5.74) is 0.581. The minimum atomic E-state index is -4.50. The fourth-order valence-electron chi connectivity index (χ4n) is 2.94. The van der Waals surface area contributed by atoms with Gasteiger partial charge in [0, 0.05) is 12.1 Å². The van der Waals surface area contributed by atoms with Crippen molar-refractivity contribution >= 4 is 11.0 Å². The van der Waals surface area contributed by atoms with Gasteiger partial charge in [0.05, 0.1) is 29.4 Å². The van der Waals surface area contributed by atoms with Gasteiger partial charge >= 0.3 is 6.18 Å². The predicted molar refractivity (Wildman–Crippen MR) is 89.5 cm³/mol. The predicted octanol–water partition coefficient (Wildman–Crippen LogP) is 4.84. The number of methoxy groups -OCH3 is 1. The first-order valence-electron chi connectivity index (χ1n) is 7.95. The van der Waals surface area contributed by atoms with Gasteiger partial charge in [-0.05, 0) is 31.5 Å². The molecule has 3 rings (SSSR count). The van der Waals surface area contributed by atoms with Crippen molar-refractivity contribution < 1.29 is 17.9 Å². The average Bonchev–Trinajstić information content (AvgIpc) is 2.89. The Morgan fingerprint density at radius 1 is 1.20 bits per heavy atom. The van der Waals surface area contributed by atoms with Gasteiger partial charge in [0.25, 0.3) is 0 Å². The second-order valence-electron chi connectivity index (χ2n) is 5.76. The molecule has 0 unspecified atom stereocenters. The van der Waals surface area contributed by atoms with Gasteiger partial charge in [0.1, 0.15) is 5.75 Å². The van der Waals surface area contributed by atoms with E-state index < -0.39 is 11.7 Å². The number of aryl methyl sites for hydroxylation is 2. The SMILES string of the molecule is CCCn1nc(C)c2c(C(F)(F)F)cc(-c3ccccc3OC)nc21. The fraction of sp³-hybridized carbons (Fsp3) is 0.333. The maximum Gasteiger partial charge on any atom is 0.417 e. The molecule has 0 amide bonds. The van der Waals surface area contributed by atoms with Crippen LogP contribution in [0, 0.1) is 6.92 Å². The highest BCUT2D eigenvalue weighted by atomic mass is 19.4. The van der Waals surface area contributed by atoms with Crippen LogP contribution in [-0.2, 0) is 12.7 Å². The third-order valence-corrected chi connectivity index (χ3v) is 4.00. The zero-order valence-electron chi connectivity index (χ0n) is 14.2. The molecule has 0 aliphatic heterocycles. The average molecular weight is 349 g/mol. The maximum atomic E-state index is 13.7. The number of benzene rings is 1. The molecule has 0 saturated carbocycles. The lowest BCUT2D eigenvalue weighted by molar-refractivity contribution is -0.136. The van der Waals surface area contributed by atoms with Gasteiger partial charge in [-0.25, -0.2) is 9.67 Å². The maximum absolute atomic E-state index is 13.7. The van der Waals surface area contributed by atoms with Crippen molar-refractivity contribution in [2.24, 2.45) is 0 Å². The summed E-state index contributed by atoms with van der Waals surface area (Å²) < 4.78 is 47.8. The van der Waals surface area contributed by atoms with Crippen LogP contribution < -0.4 is 4.74 Å². The Bertz CT molecular complexity index is 916. The van der Waals surface area contributed by atoms with E-state index in [9.17, 15) is 13.2 Å². The Morgan fingerprint density at radius 2 is 1.92 bits per heavy atom. The molecule has 25 heavy (non-hydrogen) atoms. The number of alkyl halides is 3. The van der Waals surface area contributed by atoms with Crippen molar-refractivity contribution in [2.45, 2.75) is 33.0 Å². The van der Waals surface area contributed by atoms with E-state index in [2.05, 4.69) is 10.1 Å². The van der Waals surface area contributed by atoms with E-state index in [1.165, 1.54) is 7.11 Å². The summed E-state index contributed by atoms with van der Waals surface area (Å²) in [6, 6.07) is 7.97. The molecule has 3 aromatic rings. The highest BCUT2D eigenvalue weighted by Crippen LogP contribution is 2.39. The zero-order chi connectivity index (χ0) is 18.2. The first-order valence-corrected chi connectivity index (χ1v) is 7.95. The monoisotopic (exact) mass is 349 g/mol. The van der Waals surface area contributed by atoms with Crippen molar-refractivity contribution in [3.8, 4) is 17.0 Å². The number of aromatic nitrogens is 3. The number of fused-ring (bicyclic) bond motifs is 1. The van der Waals surface area contributed by atoms with E-state index in [0.717, 1.165) is 12.5 Å². The number of pyridine rings is 1. The van der Waals surface area contributed by atoms with Crippen LogP contribution in [0.3, 0.4) is 0 Å². The molecule has 7 heteroatoms. The molecule has 0 aliphatic carbocycles. The number of nitrogens with zero attached hydrogens (tertiary/aromatic N) is 3. The standard InChI is InChI=1S/C18H18F3N3O/c1-4-9-24-17-16(11(2)23-24)13(18(19,20)21)10-14(22-17)12-7-5-6-8-15(12)25-3/h5-8,10H,4,9H2,1-3H3. The Morgan fingerprint density at radius 3 is 2.56 bits per heavy atom. The van der Waals surface area contributed by atoms with Crippen LogP contribution in [0.25, 0.3) is 22.3 Å². The molecule has 0 bridgehead atoms. The van der Waals surface area contributed by atoms with E-state index in [0.29, 0.717) is 23.6 Å². The highest BCUT2D eigenvalue weighted by Gasteiger charge is 2.35. The first-order chi connectivity index (χ1) is 11.9. The molecule has 4 nitrogen and oxygen atoms in total. The Hall–Kier alpha value is -2.57. The molecule has 2 heterocycles. The molecule has 2 aromatic heterocycles. The molecule has 132 valence electrons. The molecule has 1 aromatic carbocycles. The van der Waals surface area contributed by atoms with E-state index >= 15 is 0 Å². The summed E-state index contributed by atoms with van der Waals surface area (Å²) in [5, 5.41) is 4.31. The van der Waals surface area contributed by atoms with Gasteiger partial charge in [-0.1, -0.05) is 19.1 Å². The lowest BCUT2D eigenvalue weighted by Gasteiger charge is -2.13. The third kappa shape index (κ3) is 3.06. The number of ether oxygens (including phenoxy) is 1. The summed E-state index contributed by atoms with van der Waals surface area (Å²) >= 11 is 0. The van der Waals surface area contributed by atoms with E-state index in [4.69, 9.17) is 4.74 Å². The second-order valence-corrected chi connectivity index (χ2v) is 5.76. The van der Waals surface area contributed by atoms with Gasteiger partial charge < -0.3 is 4.74 Å². The third-order valence-electron chi connectivity index (χ3n) is 4.00. The molecule has 0 radical (unpaired) electrons. The summed E-state index contributed by atoms with van der Waals surface area (Å²) in [5.74, 6) is 0.473. The van der Waals surface area contributed by atoms with E-state index in [1.807, 2.05) is 6.92 Å². The molecule has 0 aliphatic rings. The summed E-state index contributed by atoms with van der Waals surface area (Å²) in [4.78, 5) is 4.49. The van der Waals surface area contributed by atoms with Crippen LogP contribution in [0.4, 0.5) is 13.2 Å². The molecule has 0 N–H and O–H groups in total. The Kier molecular flexibility index (Phi) is 4.41. The van der Waals surface area contributed by atoms with Crippen molar-refractivity contribution in [3.05, 3.63) is 41.6 Å². The van der Waals surface area contributed by atoms with Gasteiger partial charge in [0.15, 0.2) is 5.65 Å². The quantitative estimate of drug-likeness (QED) is 0.676. The fourth-order valence-corrected chi connectivity index (χ4v) is 2.94. The first kappa shape index (κ1) is 17.3. The number of hydrogen-bond acceptors (Lipinski definition) is 3. The van der Waals surface area contributed by atoms with Crippen LogP contribution in [0.2, 0.25) is 0 Å². The Labute approximate surface area is 143 Å². The number of hydrogen-bond donors (Lipinski definition) is 0. The number of para-hydroxylation sites is 1. The summed E-state index contributed by atoms with van der Waals surface area (Å²) in [6.07, 6.45) is -3.75. The molecule has 0 atom stereocenters. The summed E-state index contributed by atoms with van der Waals surface area (Å²) in [7, 11) is 1.48. The van der Waals surface area contributed by atoms with Gasteiger partial charge in [0.2, 0.25) is 0 Å². The molecule has 0 fully saturated rings. The van der Waals surface area contributed by atoms with E-state index in [1.54, 1.807) is 35.9 Å². The second kappa shape index (κ2) is 6.38. The molecular formula is C18H18F3N3O. The molecular weight excluding hydrogens is 331 g/mol. The largest absolute Gasteiger partial charge is 0.496 e. The van der Waals surface area contributed by atoms with Crippen LogP contribution in [-0.4, -0.2) is 21.9 Å².